The number of benzene rings is 1. The van der Waals surface area contributed by atoms with E-state index in [0.29, 0.717) is 5.82 Å². The highest BCUT2D eigenvalue weighted by atomic mass is 16.2. The quantitative estimate of drug-likeness (QED) is 0.866. The van der Waals surface area contributed by atoms with Gasteiger partial charge in [-0.25, -0.2) is 4.98 Å². The molecule has 0 aliphatic carbocycles. The molecule has 6 heteroatoms. The van der Waals surface area contributed by atoms with Crippen LogP contribution in [0.25, 0.3) is 0 Å². The van der Waals surface area contributed by atoms with Gasteiger partial charge in [-0.05, 0) is 44.0 Å². The van der Waals surface area contributed by atoms with E-state index in [4.69, 9.17) is 0 Å². The van der Waals surface area contributed by atoms with Crippen LogP contribution in [0.3, 0.4) is 0 Å². The van der Waals surface area contributed by atoms with E-state index < -0.39 is 5.66 Å². The molecule has 2 fully saturated rings. The molecule has 3 aliphatic rings. The largest absolute Gasteiger partial charge is 0.322 e. The first kappa shape index (κ1) is 14.6. The second-order valence-corrected chi connectivity index (χ2v) is 6.89. The average molecular weight is 334 g/mol. The summed E-state index contributed by atoms with van der Waals surface area (Å²) in [6.45, 7) is 2.72. The predicted octanol–water partition coefficient (Wildman–Crippen LogP) is 2.01. The maximum absolute atomic E-state index is 13.3. The van der Waals surface area contributed by atoms with Crippen LogP contribution in [0.1, 0.15) is 24.0 Å². The Morgan fingerprint density at radius 1 is 1.24 bits per heavy atom. The minimum absolute atomic E-state index is 0.0410. The van der Waals surface area contributed by atoms with Crippen molar-refractivity contribution in [2.24, 2.45) is 0 Å². The van der Waals surface area contributed by atoms with E-state index in [1.807, 2.05) is 37.3 Å². The van der Waals surface area contributed by atoms with Crippen molar-refractivity contribution in [3.05, 3.63) is 53.7 Å². The lowest BCUT2D eigenvalue weighted by Gasteiger charge is -2.37. The van der Waals surface area contributed by atoms with Crippen molar-refractivity contribution in [3.8, 4) is 0 Å². The minimum atomic E-state index is -1.13. The van der Waals surface area contributed by atoms with E-state index in [0.717, 1.165) is 36.2 Å². The molecule has 1 aromatic heterocycles. The molecule has 2 atom stereocenters. The normalized spacial score (nSPS) is 27.7. The summed E-state index contributed by atoms with van der Waals surface area (Å²) < 4.78 is 0. The van der Waals surface area contributed by atoms with Gasteiger partial charge in [0.25, 0.3) is 5.91 Å². The van der Waals surface area contributed by atoms with Crippen molar-refractivity contribution >= 4 is 23.3 Å². The Morgan fingerprint density at radius 3 is 2.92 bits per heavy atom. The first-order valence-corrected chi connectivity index (χ1v) is 8.58. The summed E-state index contributed by atoms with van der Waals surface area (Å²) in [5.41, 5.74) is 1.55. The maximum atomic E-state index is 13.3. The molecule has 2 amide bonds. The predicted molar refractivity (Wildman–Crippen MR) is 92.9 cm³/mol. The Hall–Kier alpha value is -2.73. The lowest BCUT2D eigenvalue weighted by atomic mass is 9.96. The smallest absolute Gasteiger partial charge is 0.271 e. The van der Waals surface area contributed by atoms with Gasteiger partial charge in [0.05, 0.1) is 6.04 Å². The third-order valence-corrected chi connectivity index (χ3v) is 5.49. The second-order valence-electron chi connectivity index (χ2n) is 6.89. The standard InChI is InChI=1S/C19H18N4O2/c1-12-7-8-14-13(11-12)19(18(25)21-14)22-10-4-5-15(22)17(24)23(19)16-6-2-3-9-20-16/h2-3,6-9,11,15H,4-5,10H2,1H3,(H,21,25)/t15-,19+/m0/s1. The number of aromatic nitrogens is 1. The zero-order valence-electron chi connectivity index (χ0n) is 13.9. The van der Waals surface area contributed by atoms with Crippen LogP contribution in [-0.2, 0) is 15.3 Å². The fraction of sp³-hybridized carbons (Fsp3) is 0.316. The third-order valence-electron chi connectivity index (χ3n) is 5.49. The van der Waals surface area contributed by atoms with E-state index in [-0.39, 0.29) is 17.9 Å². The maximum Gasteiger partial charge on any atom is 0.271 e. The molecule has 4 heterocycles. The van der Waals surface area contributed by atoms with Crippen LogP contribution in [0.4, 0.5) is 11.5 Å². The highest BCUT2D eigenvalue weighted by Crippen LogP contribution is 2.52. The van der Waals surface area contributed by atoms with Gasteiger partial charge in [-0.15, -0.1) is 0 Å². The molecular formula is C19H18N4O2. The number of fused-ring (bicyclic) bond motifs is 4. The second kappa shape index (κ2) is 4.89. The van der Waals surface area contributed by atoms with Gasteiger partial charge < -0.3 is 5.32 Å². The van der Waals surface area contributed by atoms with Crippen molar-refractivity contribution in [1.29, 1.82) is 0 Å². The Labute approximate surface area is 145 Å². The van der Waals surface area contributed by atoms with Crippen molar-refractivity contribution < 1.29 is 9.59 Å². The number of rotatable bonds is 1. The van der Waals surface area contributed by atoms with Gasteiger partial charge >= 0.3 is 0 Å². The topological polar surface area (TPSA) is 65.5 Å². The first-order chi connectivity index (χ1) is 12.1. The van der Waals surface area contributed by atoms with Crippen LogP contribution >= 0.6 is 0 Å². The summed E-state index contributed by atoms with van der Waals surface area (Å²) in [6, 6.07) is 11.1. The molecule has 0 radical (unpaired) electrons. The summed E-state index contributed by atoms with van der Waals surface area (Å²) in [5.74, 6) is 0.309. The SMILES string of the molecule is Cc1ccc2c(c1)[C@]1(C(=O)N2)N(c2ccccn2)C(=O)[C@@H]2CCCN21. The summed E-state index contributed by atoms with van der Waals surface area (Å²) in [5, 5.41) is 2.99. The Morgan fingerprint density at radius 2 is 2.12 bits per heavy atom. The fourth-order valence-electron chi connectivity index (χ4n) is 4.51. The number of hydrogen-bond acceptors (Lipinski definition) is 4. The molecule has 1 spiro atoms. The monoisotopic (exact) mass is 334 g/mol. The molecule has 25 heavy (non-hydrogen) atoms. The van der Waals surface area contributed by atoms with Crippen molar-refractivity contribution in [1.82, 2.24) is 9.88 Å². The molecule has 6 nitrogen and oxygen atoms in total. The highest BCUT2D eigenvalue weighted by molar-refractivity contribution is 6.16. The zero-order chi connectivity index (χ0) is 17.2. The number of hydrogen-bond donors (Lipinski definition) is 1. The molecule has 2 aromatic rings. The Bertz CT molecular complexity index is 898. The summed E-state index contributed by atoms with van der Waals surface area (Å²) >= 11 is 0. The molecule has 0 bridgehead atoms. The van der Waals surface area contributed by atoms with Crippen LogP contribution in [0, 0.1) is 6.92 Å². The number of amides is 2. The molecule has 2 saturated heterocycles. The number of aryl methyl sites for hydroxylation is 1. The zero-order valence-corrected chi connectivity index (χ0v) is 13.9. The van der Waals surface area contributed by atoms with Gasteiger partial charge in [-0.3, -0.25) is 19.4 Å². The molecule has 1 N–H and O–H groups in total. The lowest BCUT2D eigenvalue weighted by molar-refractivity contribution is -0.126. The Kier molecular flexibility index (Phi) is 2.86. The van der Waals surface area contributed by atoms with Crippen LogP contribution in [0.5, 0.6) is 0 Å². The fourth-order valence-corrected chi connectivity index (χ4v) is 4.51. The minimum Gasteiger partial charge on any atom is -0.322 e. The number of carbonyl (C=O) groups excluding carboxylic acids is 2. The Balaban J connectivity index is 1.81. The van der Waals surface area contributed by atoms with Crippen LogP contribution in [0.15, 0.2) is 42.6 Å². The molecule has 126 valence electrons. The molecular weight excluding hydrogens is 316 g/mol. The van der Waals surface area contributed by atoms with Gasteiger partial charge in [0.2, 0.25) is 11.6 Å². The van der Waals surface area contributed by atoms with Gasteiger partial charge in [-0.2, -0.15) is 0 Å². The van der Waals surface area contributed by atoms with Gasteiger partial charge in [0.1, 0.15) is 5.82 Å². The first-order valence-electron chi connectivity index (χ1n) is 8.58. The lowest BCUT2D eigenvalue weighted by Crippen LogP contribution is -2.56. The van der Waals surface area contributed by atoms with E-state index in [9.17, 15) is 9.59 Å². The molecule has 3 aliphatic heterocycles. The van der Waals surface area contributed by atoms with Crippen molar-refractivity contribution in [2.45, 2.75) is 31.5 Å². The number of anilines is 2. The molecule has 0 unspecified atom stereocenters. The molecule has 5 rings (SSSR count). The van der Waals surface area contributed by atoms with E-state index in [1.54, 1.807) is 17.2 Å². The number of nitrogens with zero attached hydrogens (tertiary/aromatic N) is 3. The number of pyridine rings is 1. The van der Waals surface area contributed by atoms with Gasteiger partial charge in [-0.1, -0.05) is 17.7 Å². The average Bonchev–Trinajstić information content (AvgIpc) is 3.26. The van der Waals surface area contributed by atoms with Crippen molar-refractivity contribution in [3.63, 3.8) is 0 Å². The van der Waals surface area contributed by atoms with Gasteiger partial charge in [0.15, 0.2) is 0 Å². The molecule has 0 saturated carbocycles. The summed E-state index contributed by atoms with van der Waals surface area (Å²) in [6.07, 6.45) is 3.35. The van der Waals surface area contributed by atoms with Crippen LogP contribution in [-0.4, -0.2) is 34.3 Å². The van der Waals surface area contributed by atoms with Crippen molar-refractivity contribution in [2.75, 3.05) is 16.8 Å². The number of carbonyl (C=O) groups is 2. The van der Waals surface area contributed by atoms with E-state index >= 15 is 0 Å². The third kappa shape index (κ3) is 1.69. The van der Waals surface area contributed by atoms with E-state index in [2.05, 4.69) is 15.2 Å². The van der Waals surface area contributed by atoms with Crippen LogP contribution in [0.2, 0.25) is 0 Å². The van der Waals surface area contributed by atoms with E-state index in [1.165, 1.54) is 0 Å². The van der Waals surface area contributed by atoms with Crippen LogP contribution < -0.4 is 10.2 Å². The molecule has 1 aromatic carbocycles. The number of nitrogens with one attached hydrogen (secondary N) is 1. The summed E-state index contributed by atoms with van der Waals surface area (Å²) in [7, 11) is 0. The highest BCUT2D eigenvalue weighted by Gasteiger charge is 2.67. The van der Waals surface area contributed by atoms with Gasteiger partial charge in [0, 0.05) is 24.0 Å². The summed E-state index contributed by atoms with van der Waals surface area (Å²) in [4.78, 5) is 34.6.